The van der Waals surface area contributed by atoms with Gasteiger partial charge in [0, 0.05) is 18.2 Å². The number of ether oxygens (including phenoxy) is 1. The van der Waals surface area contributed by atoms with Crippen molar-refractivity contribution < 1.29 is 23.4 Å². The number of hydrogen-bond acceptors (Lipinski definition) is 3. The molecule has 3 aromatic rings. The molecular weight excluding hydrogens is 352 g/mol. The summed E-state index contributed by atoms with van der Waals surface area (Å²) in [6.45, 7) is 2.34. The van der Waals surface area contributed by atoms with Crippen molar-refractivity contribution in [1.29, 1.82) is 0 Å². The number of aromatic nitrogens is 1. The summed E-state index contributed by atoms with van der Waals surface area (Å²) in [6.07, 6.45) is 1.14. The standard InChI is InChI=1S/C21H17F2NO3/c1-2-27-15-6-3-5-13(9-15)14-10-18(22)17(19(23)11-14)12-20-16(21(25)26)7-4-8-24-20/h3-11H,2,12H2,1H3,(H,25,26). The highest BCUT2D eigenvalue weighted by molar-refractivity contribution is 5.88. The van der Waals surface area contributed by atoms with E-state index in [9.17, 15) is 18.7 Å². The summed E-state index contributed by atoms with van der Waals surface area (Å²) in [4.78, 5) is 15.2. The van der Waals surface area contributed by atoms with Crippen molar-refractivity contribution in [2.24, 2.45) is 0 Å². The van der Waals surface area contributed by atoms with Crippen molar-refractivity contribution >= 4 is 5.97 Å². The van der Waals surface area contributed by atoms with E-state index in [4.69, 9.17) is 4.74 Å². The molecule has 1 heterocycles. The van der Waals surface area contributed by atoms with Gasteiger partial charge in [0.1, 0.15) is 17.4 Å². The van der Waals surface area contributed by atoms with Gasteiger partial charge in [-0.2, -0.15) is 0 Å². The summed E-state index contributed by atoms with van der Waals surface area (Å²) in [5.41, 5.74) is 0.795. The molecule has 0 saturated heterocycles. The molecule has 0 aliphatic heterocycles. The Balaban J connectivity index is 1.97. The van der Waals surface area contributed by atoms with Crippen LogP contribution in [0.15, 0.2) is 54.7 Å². The summed E-state index contributed by atoms with van der Waals surface area (Å²) in [7, 11) is 0. The molecule has 1 aromatic heterocycles. The zero-order valence-corrected chi connectivity index (χ0v) is 14.6. The van der Waals surface area contributed by atoms with Crippen molar-refractivity contribution in [2.45, 2.75) is 13.3 Å². The van der Waals surface area contributed by atoms with Crippen LogP contribution in [0, 0.1) is 11.6 Å². The maximum atomic E-state index is 14.6. The van der Waals surface area contributed by atoms with Gasteiger partial charge in [0.15, 0.2) is 0 Å². The van der Waals surface area contributed by atoms with E-state index in [0.717, 1.165) is 0 Å². The summed E-state index contributed by atoms with van der Waals surface area (Å²) in [6, 6.07) is 12.2. The second-order valence-corrected chi connectivity index (χ2v) is 5.86. The minimum absolute atomic E-state index is 0.0789. The van der Waals surface area contributed by atoms with E-state index in [2.05, 4.69) is 4.98 Å². The lowest BCUT2D eigenvalue weighted by Crippen LogP contribution is -2.07. The van der Waals surface area contributed by atoms with Gasteiger partial charge in [-0.3, -0.25) is 4.98 Å². The first kappa shape index (κ1) is 18.5. The Bertz CT molecular complexity index is 966. The second kappa shape index (κ2) is 7.95. The largest absolute Gasteiger partial charge is 0.494 e. The normalized spacial score (nSPS) is 10.6. The predicted octanol–water partition coefficient (Wildman–Crippen LogP) is 4.71. The highest BCUT2D eigenvalue weighted by atomic mass is 19.1. The van der Waals surface area contributed by atoms with E-state index in [-0.39, 0.29) is 23.2 Å². The van der Waals surface area contributed by atoms with Crippen LogP contribution in [0.25, 0.3) is 11.1 Å². The van der Waals surface area contributed by atoms with Gasteiger partial charge in [0.05, 0.1) is 17.9 Å². The van der Waals surface area contributed by atoms with Gasteiger partial charge in [-0.05, 0) is 54.4 Å². The highest BCUT2D eigenvalue weighted by Gasteiger charge is 2.17. The van der Waals surface area contributed by atoms with Crippen LogP contribution in [-0.2, 0) is 6.42 Å². The minimum Gasteiger partial charge on any atom is -0.494 e. The first-order valence-corrected chi connectivity index (χ1v) is 8.38. The van der Waals surface area contributed by atoms with Crippen LogP contribution in [0.1, 0.15) is 28.5 Å². The van der Waals surface area contributed by atoms with Crippen LogP contribution in [0.2, 0.25) is 0 Å². The lowest BCUT2D eigenvalue weighted by atomic mass is 9.99. The maximum Gasteiger partial charge on any atom is 0.337 e. The van der Waals surface area contributed by atoms with Gasteiger partial charge in [0.25, 0.3) is 0 Å². The van der Waals surface area contributed by atoms with E-state index in [1.54, 1.807) is 24.3 Å². The molecule has 0 bridgehead atoms. The van der Waals surface area contributed by atoms with Gasteiger partial charge < -0.3 is 9.84 Å². The van der Waals surface area contributed by atoms with Crippen LogP contribution >= 0.6 is 0 Å². The van der Waals surface area contributed by atoms with E-state index in [1.807, 2.05) is 6.92 Å². The summed E-state index contributed by atoms with van der Waals surface area (Å²) >= 11 is 0. The lowest BCUT2D eigenvalue weighted by Gasteiger charge is -2.11. The zero-order chi connectivity index (χ0) is 19.4. The quantitative estimate of drug-likeness (QED) is 0.683. The number of halogens is 2. The molecule has 0 amide bonds. The number of hydrogen-bond donors (Lipinski definition) is 1. The molecule has 6 heteroatoms. The Morgan fingerprint density at radius 3 is 2.48 bits per heavy atom. The Morgan fingerprint density at radius 2 is 1.81 bits per heavy atom. The van der Waals surface area contributed by atoms with Gasteiger partial charge in [-0.15, -0.1) is 0 Å². The van der Waals surface area contributed by atoms with Crippen LogP contribution in [0.3, 0.4) is 0 Å². The number of aromatic carboxylic acids is 1. The number of carbonyl (C=O) groups is 1. The van der Waals surface area contributed by atoms with Crippen LogP contribution in [0.5, 0.6) is 5.75 Å². The molecule has 0 spiro atoms. The number of pyridine rings is 1. The lowest BCUT2D eigenvalue weighted by molar-refractivity contribution is 0.0695. The number of nitrogens with zero attached hydrogens (tertiary/aromatic N) is 1. The van der Waals surface area contributed by atoms with Crippen LogP contribution in [0.4, 0.5) is 8.78 Å². The molecule has 0 unspecified atom stereocenters. The summed E-state index contributed by atoms with van der Waals surface area (Å²) in [5.74, 6) is -2.09. The van der Waals surface area contributed by atoms with Crippen molar-refractivity contribution in [3.63, 3.8) is 0 Å². The molecular formula is C21H17F2NO3. The zero-order valence-electron chi connectivity index (χ0n) is 14.6. The third-order valence-corrected chi connectivity index (χ3v) is 4.08. The SMILES string of the molecule is CCOc1cccc(-c2cc(F)c(Cc3ncccc3C(=O)O)c(F)c2)c1. The van der Waals surface area contributed by atoms with E-state index >= 15 is 0 Å². The molecule has 0 radical (unpaired) electrons. The van der Waals surface area contributed by atoms with Crippen molar-refractivity contribution in [2.75, 3.05) is 6.61 Å². The van der Waals surface area contributed by atoms with Crippen molar-refractivity contribution in [3.8, 4) is 16.9 Å². The van der Waals surface area contributed by atoms with Crippen molar-refractivity contribution in [1.82, 2.24) is 4.98 Å². The Kier molecular flexibility index (Phi) is 5.45. The number of benzene rings is 2. The first-order chi connectivity index (χ1) is 13.0. The predicted molar refractivity (Wildman–Crippen MR) is 97.0 cm³/mol. The van der Waals surface area contributed by atoms with Gasteiger partial charge in [-0.1, -0.05) is 12.1 Å². The Labute approximate surface area is 155 Å². The molecule has 0 saturated carbocycles. The van der Waals surface area contributed by atoms with Gasteiger partial charge in [0.2, 0.25) is 0 Å². The molecule has 4 nitrogen and oxygen atoms in total. The van der Waals surface area contributed by atoms with E-state index < -0.39 is 17.6 Å². The first-order valence-electron chi connectivity index (χ1n) is 8.38. The fourth-order valence-electron chi connectivity index (χ4n) is 2.81. The Morgan fingerprint density at radius 1 is 1.07 bits per heavy atom. The fraction of sp³-hybridized carbons (Fsp3) is 0.143. The van der Waals surface area contributed by atoms with Gasteiger partial charge >= 0.3 is 5.97 Å². The van der Waals surface area contributed by atoms with E-state index in [0.29, 0.717) is 23.5 Å². The fourth-order valence-corrected chi connectivity index (χ4v) is 2.81. The average Bonchev–Trinajstić information content (AvgIpc) is 2.65. The van der Waals surface area contributed by atoms with Crippen LogP contribution in [-0.4, -0.2) is 22.7 Å². The summed E-state index contributed by atoms with van der Waals surface area (Å²) in [5, 5.41) is 9.21. The topological polar surface area (TPSA) is 59.4 Å². The molecule has 0 aliphatic rings. The smallest absolute Gasteiger partial charge is 0.337 e. The number of carboxylic acid groups (broad SMARTS) is 1. The third-order valence-electron chi connectivity index (χ3n) is 4.08. The molecule has 0 fully saturated rings. The van der Waals surface area contributed by atoms with Crippen LogP contribution < -0.4 is 4.74 Å². The molecule has 3 rings (SSSR count). The molecule has 138 valence electrons. The highest BCUT2D eigenvalue weighted by Crippen LogP contribution is 2.28. The number of carboxylic acids is 1. The molecule has 2 aromatic carbocycles. The van der Waals surface area contributed by atoms with Crippen molar-refractivity contribution in [3.05, 3.63) is 83.2 Å². The average molecular weight is 369 g/mol. The third kappa shape index (κ3) is 4.11. The summed E-state index contributed by atoms with van der Waals surface area (Å²) < 4.78 is 34.6. The van der Waals surface area contributed by atoms with Gasteiger partial charge in [-0.25, -0.2) is 13.6 Å². The minimum atomic E-state index is -1.19. The molecule has 0 aliphatic carbocycles. The number of rotatable bonds is 6. The van der Waals surface area contributed by atoms with E-state index in [1.165, 1.54) is 30.5 Å². The molecule has 1 N–H and O–H groups in total. The monoisotopic (exact) mass is 369 g/mol. The maximum absolute atomic E-state index is 14.6. The Hall–Kier alpha value is -3.28. The molecule has 0 atom stereocenters. The molecule has 27 heavy (non-hydrogen) atoms. The second-order valence-electron chi connectivity index (χ2n) is 5.86.